The molecule has 0 atom stereocenters. The molecule has 1 aromatic heterocycles. The van der Waals surface area contributed by atoms with Gasteiger partial charge in [-0.3, -0.25) is 4.79 Å². The minimum Gasteiger partial charge on any atom is -0.282 e. The van der Waals surface area contributed by atoms with Gasteiger partial charge in [-0.1, -0.05) is 11.6 Å². The van der Waals surface area contributed by atoms with Crippen LogP contribution >= 0.6 is 11.6 Å². The van der Waals surface area contributed by atoms with Gasteiger partial charge in [-0.15, -0.1) is 4.68 Å². The number of H-pyrrole nitrogens is 1. The Morgan fingerprint density at radius 3 is 3.00 bits per heavy atom. The van der Waals surface area contributed by atoms with E-state index < -0.39 is 0 Å². The number of nitrogens with zero attached hydrogens (tertiary/aromatic N) is 1. The third-order valence-electron chi connectivity index (χ3n) is 2.12. The van der Waals surface area contributed by atoms with Gasteiger partial charge in [-0.25, -0.2) is 0 Å². The quantitative estimate of drug-likeness (QED) is 0.710. The van der Waals surface area contributed by atoms with Crippen molar-refractivity contribution in [3.05, 3.63) is 39.6 Å². The summed E-state index contributed by atoms with van der Waals surface area (Å²) in [7, 11) is 0. The van der Waals surface area contributed by atoms with Crippen molar-refractivity contribution in [1.29, 1.82) is 0 Å². The standard InChI is InChI=1S/C10H9ClN2O/c1-2-13-6-10(14)8-5-7(11)3-4-9(8)12-13/h3-6H,2H2,1H3/p+1. The van der Waals surface area contributed by atoms with Gasteiger partial charge in [0, 0.05) is 5.02 Å². The van der Waals surface area contributed by atoms with E-state index in [-0.39, 0.29) is 5.43 Å². The maximum atomic E-state index is 11.6. The Bertz CT molecular complexity index is 533. The van der Waals surface area contributed by atoms with Gasteiger partial charge in [-0.2, -0.15) is 5.10 Å². The van der Waals surface area contributed by atoms with Crippen molar-refractivity contribution < 1.29 is 4.68 Å². The number of hydrogen-bond donors (Lipinski definition) is 1. The second kappa shape index (κ2) is 3.42. The van der Waals surface area contributed by atoms with E-state index in [0.29, 0.717) is 10.4 Å². The van der Waals surface area contributed by atoms with Crippen LogP contribution in [0.3, 0.4) is 0 Å². The van der Waals surface area contributed by atoms with Crippen LogP contribution in [0, 0.1) is 0 Å². The van der Waals surface area contributed by atoms with Gasteiger partial charge >= 0.3 is 0 Å². The Morgan fingerprint density at radius 1 is 1.50 bits per heavy atom. The normalized spacial score (nSPS) is 10.7. The highest BCUT2D eigenvalue weighted by atomic mass is 35.5. The fraction of sp³-hybridized carbons (Fsp3) is 0.200. The summed E-state index contributed by atoms with van der Waals surface area (Å²) < 4.78 is 1.75. The predicted molar refractivity (Wildman–Crippen MR) is 55.4 cm³/mol. The molecule has 1 N–H and O–H groups in total. The number of benzene rings is 1. The molecule has 0 aliphatic carbocycles. The van der Waals surface area contributed by atoms with Crippen molar-refractivity contribution in [2.45, 2.75) is 13.5 Å². The maximum absolute atomic E-state index is 11.6. The van der Waals surface area contributed by atoms with Gasteiger partial charge in [0.2, 0.25) is 6.20 Å². The molecule has 72 valence electrons. The van der Waals surface area contributed by atoms with Crippen LogP contribution in [0.4, 0.5) is 0 Å². The monoisotopic (exact) mass is 209 g/mol. The summed E-state index contributed by atoms with van der Waals surface area (Å²) in [5, 5.41) is 4.31. The number of halogens is 1. The van der Waals surface area contributed by atoms with E-state index >= 15 is 0 Å². The molecule has 0 bridgehead atoms. The number of hydrogen-bond acceptors (Lipinski definition) is 1. The lowest BCUT2D eigenvalue weighted by atomic mass is 10.2. The van der Waals surface area contributed by atoms with Crippen LogP contribution in [0.5, 0.6) is 0 Å². The largest absolute Gasteiger partial charge is 0.282 e. The molecule has 0 saturated carbocycles. The zero-order chi connectivity index (χ0) is 10.1. The van der Waals surface area contributed by atoms with Crippen LogP contribution in [-0.2, 0) is 6.54 Å². The van der Waals surface area contributed by atoms with E-state index in [1.54, 1.807) is 23.0 Å². The Labute approximate surface area is 85.9 Å². The first-order chi connectivity index (χ1) is 6.70. The van der Waals surface area contributed by atoms with Gasteiger partial charge in [0.25, 0.3) is 5.43 Å². The summed E-state index contributed by atoms with van der Waals surface area (Å²) in [6.07, 6.45) is 1.54. The van der Waals surface area contributed by atoms with Crippen LogP contribution in [0.2, 0.25) is 5.02 Å². The highest BCUT2D eigenvalue weighted by molar-refractivity contribution is 6.31. The maximum Gasteiger partial charge on any atom is 0.253 e. The number of aromatic amines is 1. The van der Waals surface area contributed by atoms with Crippen molar-refractivity contribution in [2.75, 3.05) is 0 Å². The Kier molecular flexibility index (Phi) is 2.25. The molecule has 4 heteroatoms. The molecule has 0 radical (unpaired) electrons. The van der Waals surface area contributed by atoms with Gasteiger partial charge in [-0.05, 0) is 25.1 Å². The van der Waals surface area contributed by atoms with Gasteiger partial charge in [0.05, 0.1) is 5.39 Å². The summed E-state index contributed by atoms with van der Waals surface area (Å²) in [5.41, 5.74) is 0.798. The molecule has 0 amide bonds. The van der Waals surface area contributed by atoms with E-state index in [1.807, 2.05) is 13.0 Å². The second-order valence-electron chi connectivity index (χ2n) is 3.08. The minimum absolute atomic E-state index is 0.0110. The van der Waals surface area contributed by atoms with Crippen LogP contribution in [-0.4, -0.2) is 5.10 Å². The average Bonchev–Trinajstić information content (AvgIpc) is 2.19. The molecule has 0 unspecified atom stereocenters. The molecule has 0 saturated heterocycles. The van der Waals surface area contributed by atoms with Crippen molar-refractivity contribution >= 4 is 22.5 Å². The topological polar surface area (TPSA) is 36.7 Å². The lowest BCUT2D eigenvalue weighted by molar-refractivity contribution is -0.749. The van der Waals surface area contributed by atoms with Gasteiger partial charge in [0.15, 0.2) is 6.54 Å². The molecular formula is C10H10ClN2O+. The second-order valence-corrected chi connectivity index (χ2v) is 3.52. The predicted octanol–water partition coefficient (Wildman–Crippen LogP) is 1.49. The Hall–Kier alpha value is -1.35. The number of rotatable bonds is 1. The van der Waals surface area contributed by atoms with E-state index in [1.165, 1.54) is 0 Å². The van der Waals surface area contributed by atoms with Gasteiger partial charge < -0.3 is 0 Å². The zero-order valence-corrected chi connectivity index (χ0v) is 8.51. The van der Waals surface area contributed by atoms with Crippen LogP contribution in [0.1, 0.15) is 6.92 Å². The molecular weight excluding hydrogens is 200 g/mol. The number of aromatic nitrogens is 2. The molecule has 2 rings (SSSR count). The molecule has 0 spiro atoms. The average molecular weight is 210 g/mol. The summed E-state index contributed by atoms with van der Waals surface area (Å²) in [4.78, 5) is 11.6. The van der Waals surface area contributed by atoms with E-state index in [0.717, 1.165) is 12.1 Å². The first-order valence-corrected chi connectivity index (χ1v) is 4.80. The fourth-order valence-electron chi connectivity index (χ4n) is 1.39. The first kappa shape index (κ1) is 9.21. The molecule has 0 aliphatic rings. The first-order valence-electron chi connectivity index (χ1n) is 4.42. The molecule has 1 aromatic carbocycles. The fourth-order valence-corrected chi connectivity index (χ4v) is 1.56. The van der Waals surface area contributed by atoms with Gasteiger partial charge in [0.1, 0.15) is 5.52 Å². The van der Waals surface area contributed by atoms with Crippen molar-refractivity contribution in [3.8, 4) is 0 Å². The molecule has 2 aromatic rings. The Morgan fingerprint density at radius 2 is 2.29 bits per heavy atom. The highest BCUT2D eigenvalue weighted by Gasteiger charge is 2.05. The molecule has 0 aliphatic heterocycles. The summed E-state index contributed by atoms with van der Waals surface area (Å²) in [6, 6.07) is 5.25. The number of aryl methyl sites for hydroxylation is 1. The molecule has 14 heavy (non-hydrogen) atoms. The van der Waals surface area contributed by atoms with Crippen LogP contribution in [0.25, 0.3) is 10.9 Å². The lowest BCUT2D eigenvalue weighted by Gasteiger charge is -1.97. The Balaban J connectivity index is 2.83. The van der Waals surface area contributed by atoms with Crippen molar-refractivity contribution in [2.24, 2.45) is 0 Å². The summed E-state index contributed by atoms with van der Waals surface area (Å²) in [6.45, 7) is 2.71. The number of nitrogens with one attached hydrogen (secondary N) is 1. The molecule has 0 fully saturated rings. The third kappa shape index (κ3) is 1.51. The molecule has 3 nitrogen and oxygen atoms in total. The van der Waals surface area contributed by atoms with Crippen LogP contribution in [0.15, 0.2) is 29.2 Å². The van der Waals surface area contributed by atoms with E-state index in [2.05, 4.69) is 5.10 Å². The summed E-state index contributed by atoms with van der Waals surface area (Å²) >= 11 is 5.80. The zero-order valence-electron chi connectivity index (χ0n) is 7.75. The van der Waals surface area contributed by atoms with Crippen molar-refractivity contribution in [1.82, 2.24) is 5.10 Å². The van der Waals surface area contributed by atoms with Crippen molar-refractivity contribution in [3.63, 3.8) is 0 Å². The highest BCUT2D eigenvalue weighted by Crippen LogP contribution is 2.12. The minimum atomic E-state index is -0.0110. The lowest BCUT2D eigenvalue weighted by Crippen LogP contribution is -2.39. The third-order valence-corrected chi connectivity index (χ3v) is 2.36. The number of fused-ring (bicyclic) bond motifs is 1. The smallest absolute Gasteiger partial charge is 0.253 e. The van der Waals surface area contributed by atoms with Crippen LogP contribution < -0.4 is 10.1 Å². The summed E-state index contributed by atoms with van der Waals surface area (Å²) in [5.74, 6) is 0. The molecule has 1 heterocycles. The SMILES string of the molecule is CC[n+]1cc(=O)c2cc(Cl)ccc2[nH]1. The van der Waals surface area contributed by atoms with E-state index in [4.69, 9.17) is 11.6 Å². The van der Waals surface area contributed by atoms with E-state index in [9.17, 15) is 4.79 Å².